The third kappa shape index (κ3) is 16.0. The molecule has 0 atom stereocenters. The number of hydrogen-bond acceptors (Lipinski definition) is 5. The molecule has 0 aliphatic carbocycles. The number of hydrogen-bond donors (Lipinski definition) is 1. The molecule has 0 amide bonds. The Morgan fingerprint density at radius 2 is 1.03 bits per heavy atom. The lowest BCUT2D eigenvalue weighted by atomic mass is 10.1. The third-order valence-corrected chi connectivity index (χ3v) is 6.89. The molecular weight excluding hydrogens is 484 g/mol. The van der Waals surface area contributed by atoms with E-state index in [2.05, 4.69) is 24.1 Å². The minimum absolute atomic E-state index is 0.139. The van der Waals surface area contributed by atoms with E-state index in [-0.39, 0.29) is 5.75 Å². The second-order valence-corrected chi connectivity index (χ2v) is 10.4. The van der Waals surface area contributed by atoms with E-state index in [9.17, 15) is 5.11 Å². The molecular formula is C34H52N2O3. The fraction of sp³-hybridized carbons (Fsp3) is 0.588. The van der Waals surface area contributed by atoms with Crippen molar-refractivity contribution < 1.29 is 14.6 Å². The van der Waals surface area contributed by atoms with E-state index in [1.54, 1.807) is 24.6 Å². The first kappa shape index (κ1) is 32.4. The fourth-order valence-electron chi connectivity index (χ4n) is 4.42. The van der Waals surface area contributed by atoms with Crippen molar-refractivity contribution in [3.63, 3.8) is 0 Å². The number of ether oxygens (including phenoxy) is 2. The summed E-state index contributed by atoms with van der Waals surface area (Å²) in [5.74, 6) is 1.70. The highest BCUT2D eigenvalue weighted by Crippen LogP contribution is 2.23. The number of phenolic OH excluding ortho intramolecular Hbond substituents is 1. The Morgan fingerprint density at radius 1 is 0.564 bits per heavy atom. The predicted octanol–water partition coefficient (Wildman–Crippen LogP) is 9.88. The van der Waals surface area contributed by atoms with Crippen LogP contribution in [0.25, 0.3) is 0 Å². The predicted molar refractivity (Wildman–Crippen MR) is 166 cm³/mol. The molecule has 0 saturated carbocycles. The maximum atomic E-state index is 10.3. The normalized spacial score (nSPS) is 11.5. The summed E-state index contributed by atoms with van der Waals surface area (Å²) in [6.07, 6.45) is 23.8. The van der Waals surface area contributed by atoms with Gasteiger partial charge in [0.15, 0.2) is 0 Å². The lowest BCUT2D eigenvalue weighted by Gasteiger charge is -2.07. The van der Waals surface area contributed by atoms with Crippen molar-refractivity contribution in [2.45, 2.75) is 117 Å². The van der Waals surface area contributed by atoms with Crippen LogP contribution in [0, 0.1) is 0 Å². The third-order valence-electron chi connectivity index (χ3n) is 6.89. The van der Waals surface area contributed by atoms with Gasteiger partial charge in [-0.1, -0.05) is 104 Å². The highest BCUT2D eigenvalue weighted by Gasteiger charge is 2.02. The molecule has 216 valence electrons. The van der Waals surface area contributed by atoms with E-state index in [0.29, 0.717) is 17.9 Å². The maximum absolute atomic E-state index is 10.3. The van der Waals surface area contributed by atoms with Gasteiger partial charge in [0.05, 0.1) is 25.6 Å². The zero-order chi connectivity index (χ0) is 27.8. The van der Waals surface area contributed by atoms with Gasteiger partial charge in [-0.3, -0.25) is 0 Å². The molecule has 2 rings (SSSR count). The van der Waals surface area contributed by atoms with E-state index in [4.69, 9.17) is 9.47 Å². The molecule has 0 aliphatic heterocycles. The molecule has 5 heteroatoms. The van der Waals surface area contributed by atoms with E-state index < -0.39 is 0 Å². The zero-order valence-electron chi connectivity index (χ0n) is 24.6. The van der Waals surface area contributed by atoms with Gasteiger partial charge in [-0.15, -0.1) is 0 Å². The Bertz CT molecular complexity index is 925. The van der Waals surface area contributed by atoms with Gasteiger partial charge in [0, 0.05) is 11.6 Å². The highest BCUT2D eigenvalue weighted by atomic mass is 16.5. The Kier molecular flexibility index (Phi) is 18.3. The van der Waals surface area contributed by atoms with Gasteiger partial charge in [0.25, 0.3) is 0 Å². The largest absolute Gasteiger partial charge is 0.507 e. The van der Waals surface area contributed by atoms with Crippen molar-refractivity contribution >= 4 is 12.4 Å². The van der Waals surface area contributed by atoms with Crippen LogP contribution >= 0.6 is 0 Å². The van der Waals surface area contributed by atoms with Crippen molar-refractivity contribution in [2.24, 2.45) is 10.2 Å². The number of nitrogens with zero attached hydrogens (tertiary/aromatic N) is 2. The van der Waals surface area contributed by atoms with Crippen LogP contribution in [0.1, 0.15) is 128 Å². The van der Waals surface area contributed by atoms with Crippen LogP contribution in [0.3, 0.4) is 0 Å². The van der Waals surface area contributed by atoms with E-state index in [1.165, 1.54) is 89.9 Å². The first-order chi connectivity index (χ1) is 19.2. The van der Waals surface area contributed by atoms with Crippen LogP contribution in [0.5, 0.6) is 17.2 Å². The second kappa shape index (κ2) is 22.0. The molecule has 2 aromatic carbocycles. The first-order valence-electron chi connectivity index (χ1n) is 15.5. The van der Waals surface area contributed by atoms with Crippen molar-refractivity contribution in [3.8, 4) is 17.2 Å². The van der Waals surface area contributed by atoms with Crippen molar-refractivity contribution in [2.75, 3.05) is 13.2 Å². The lowest BCUT2D eigenvalue weighted by molar-refractivity contribution is 0.302. The van der Waals surface area contributed by atoms with Gasteiger partial charge in [0.1, 0.15) is 17.2 Å². The van der Waals surface area contributed by atoms with Gasteiger partial charge >= 0.3 is 0 Å². The van der Waals surface area contributed by atoms with E-state index >= 15 is 0 Å². The minimum atomic E-state index is 0.139. The summed E-state index contributed by atoms with van der Waals surface area (Å²) >= 11 is 0. The van der Waals surface area contributed by atoms with Crippen molar-refractivity contribution in [1.29, 1.82) is 0 Å². The molecule has 0 bridgehead atoms. The topological polar surface area (TPSA) is 63.4 Å². The van der Waals surface area contributed by atoms with Crippen LogP contribution in [0.15, 0.2) is 52.7 Å². The summed E-state index contributed by atoms with van der Waals surface area (Å²) in [4.78, 5) is 0. The average molecular weight is 537 g/mol. The van der Waals surface area contributed by atoms with Gasteiger partial charge in [-0.25, -0.2) is 0 Å². The standard InChI is InChI=1S/C34H52N2O3/c1-3-5-7-9-11-13-15-17-25-38-32-22-19-30(20-23-32)28-35-36-29-31-21-24-33(27-34(31)37)39-26-18-16-14-12-10-8-6-4-2/h19-24,27-29,37H,3-18,25-26H2,1-2H3/b35-28+,36-29+. The van der Waals surface area contributed by atoms with Crippen molar-refractivity contribution in [3.05, 3.63) is 53.6 Å². The molecule has 0 heterocycles. The number of unbranched alkanes of at least 4 members (excludes halogenated alkanes) is 14. The molecule has 0 aromatic heterocycles. The molecule has 0 radical (unpaired) electrons. The fourth-order valence-corrected chi connectivity index (χ4v) is 4.42. The van der Waals surface area contributed by atoms with Crippen molar-refractivity contribution in [1.82, 2.24) is 0 Å². The Balaban J connectivity index is 1.61. The molecule has 0 fully saturated rings. The van der Waals surface area contributed by atoms with Crippen LogP contribution < -0.4 is 9.47 Å². The monoisotopic (exact) mass is 536 g/mol. The minimum Gasteiger partial charge on any atom is -0.507 e. The molecule has 2 aromatic rings. The number of rotatable bonds is 23. The molecule has 0 unspecified atom stereocenters. The van der Waals surface area contributed by atoms with E-state index in [0.717, 1.165) is 30.8 Å². The zero-order valence-corrected chi connectivity index (χ0v) is 24.6. The van der Waals surface area contributed by atoms with Crippen LogP contribution in [0.4, 0.5) is 0 Å². The summed E-state index contributed by atoms with van der Waals surface area (Å²) in [6.45, 7) is 5.94. The molecule has 5 nitrogen and oxygen atoms in total. The number of benzene rings is 2. The van der Waals surface area contributed by atoms with Gasteiger partial charge in [0.2, 0.25) is 0 Å². The lowest BCUT2D eigenvalue weighted by Crippen LogP contribution is -1.97. The van der Waals surface area contributed by atoms with Gasteiger partial charge in [-0.2, -0.15) is 10.2 Å². The smallest absolute Gasteiger partial charge is 0.128 e. The van der Waals surface area contributed by atoms with Crippen LogP contribution in [-0.4, -0.2) is 30.7 Å². The summed E-state index contributed by atoms with van der Waals surface area (Å²) in [7, 11) is 0. The maximum Gasteiger partial charge on any atom is 0.128 e. The summed E-state index contributed by atoms with van der Waals surface area (Å²) in [5, 5.41) is 18.5. The number of aromatic hydroxyl groups is 1. The first-order valence-corrected chi connectivity index (χ1v) is 15.5. The highest BCUT2D eigenvalue weighted by molar-refractivity contribution is 5.85. The summed E-state index contributed by atoms with van der Waals surface area (Å²) in [6, 6.07) is 13.2. The SMILES string of the molecule is CCCCCCCCCCOc1ccc(/C=N/N=C/c2ccc(OCCCCCCCCCC)cc2O)cc1. The molecule has 0 spiro atoms. The molecule has 0 aliphatic rings. The Morgan fingerprint density at radius 3 is 1.56 bits per heavy atom. The molecule has 39 heavy (non-hydrogen) atoms. The second-order valence-electron chi connectivity index (χ2n) is 10.4. The summed E-state index contributed by atoms with van der Waals surface area (Å²) < 4.78 is 11.7. The molecule has 0 saturated heterocycles. The summed E-state index contributed by atoms with van der Waals surface area (Å²) in [5.41, 5.74) is 1.55. The molecule has 1 N–H and O–H groups in total. The van der Waals surface area contributed by atoms with E-state index in [1.807, 2.05) is 30.3 Å². The van der Waals surface area contributed by atoms with Crippen LogP contribution in [-0.2, 0) is 0 Å². The number of phenols is 1. The quantitative estimate of drug-likeness (QED) is 0.0873. The average Bonchev–Trinajstić information content (AvgIpc) is 2.95. The van der Waals surface area contributed by atoms with Gasteiger partial charge < -0.3 is 14.6 Å². The van der Waals surface area contributed by atoms with Crippen LogP contribution in [0.2, 0.25) is 0 Å². The Hall–Kier alpha value is -2.82. The Labute approximate surface area is 237 Å². The van der Waals surface area contributed by atoms with Gasteiger partial charge in [-0.05, 0) is 54.8 Å².